The average molecular weight is 302 g/mol. The highest BCUT2D eigenvalue weighted by Crippen LogP contribution is 2.28. The first-order chi connectivity index (χ1) is 8.06. The molecule has 0 aromatic heterocycles. The van der Waals surface area contributed by atoms with Crippen LogP contribution in [0.3, 0.4) is 0 Å². The summed E-state index contributed by atoms with van der Waals surface area (Å²) in [6.45, 7) is 2.13. The van der Waals surface area contributed by atoms with Gasteiger partial charge in [0.15, 0.2) is 0 Å². The number of piperidine rings is 1. The van der Waals surface area contributed by atoms with E-state index < -0.39 is 0 Å². The maximum atomic E-state index is 13.2. The summed E-state index contributed by atoms with van der Waals surface area (Å²) in [6, 6.07) is 3.44. The molecular formula is C12H17BrFN3. The lowest BCUT2D eigenvalue weighted by atomic mass is 10.1. The van der Waals surface area contributed by atoms with E-state index in [1.54, 1.807) is 6.07 Å². The predicted octanol–water partition coefficient (Wildman–Crippen LogP) is 2.68. The van der Waals surface area contributed by atoms with Crippen molar-refractivity contribution in [3.05, 3.63) is 22.4 Å². The van der Waals surface area contributed by atoms with Crippen molar-refractivity contribution in [2.45, 2.75) is 18.9 Å². The third-order valence-electron chi connectivity index (χ3n) is 3.08. The van der Waals surface area contributed by atoms with Gasteiger partial charge in [0.05, 0.1) is 15.8 Å². The van der Waals surface area contributed by atoms with Crippen LogP contribution in [0.2, 0.25) is 0 Å². The van der Waals surface area contributed by atoms with Crippen LogP contribution in [0.1, 0.15) is 12.8 Å². The van der Waals surface area contributed by atoms with E-state index in [4.69, 9.17) is 5.73 Å². The van der Waals surface area contributed by atoms with Crippen LogP contribution >= 0.6 is 15.9 Å². The molecule has 3 nitrogen and oxygen atoms in total. The van der Waals surface area contributed by atoms with Crippen molar-refractivity contribution in [1.29, 1.82) is 0 Å². The predicted molar refractivity (Wildman–Crippen MR) is 72.7 cm³/mol. The van der Waals surface area contributed by atoms with E-state index >= 15 is 0 Å². The molecule has 17 heavy (non-hydrogen) atoms. The zero-order valence-electron chi connectivity index (χ0n) is 9.84. The number of nitrogens with two attached hydrogens (primary N) is 1. The summed E-state index contributed by atoms with van der Waals surface area (Å²) in [5, 5.41) is 3.38. The van der Waals surface area contributed by atoms with Gasteiger partial charge >= 0.3 is 0 Å². The molecule has 5 heteroatoms. The van der Waals surface area contributed by atoms with Gasteiger partial charge < -0.3 is 16.0 Å². The fourth-order valence-corrected chi connectivity index (χ4v) is 2.53. The zero-order chi connectivity index (χ0) is 12.4. The SMILES string of the molecule is CN1CCCC(Nc2cc(Br)c(F)cc2N)C1. The Balaban J connectivity index is 2.10. The minimum atomic E-state index is -0.325. The van der Waals surface area contributed by atoms with E-state index in [0.717, 1.165) is 25.2 Å². The molecular weight excluding hydrogens is 285 g/mol. The monoisotopic (exact) mass is 301 g/mol. The molecule has 1 heterocycles. The number of hydrogen-bond acceptors (Lipinski definition) is 3. The normalized spacial score (nSPS) is 21.5. The van der Waals surface area contributed by atoms with Crippen LogP contribution in [0.15, 0.2) is 16.6 Å². The summed E-state index contributed by atoms with van der Waals surface area (Å²) in [5.41, 5.74) is 7.07. The maximum absolute atomic E-state index is 13.2. The number of nitrogens with one attached hydrogen (secondary N) is 1. The lowest BCUT2D eigenvalue weighted by Crippen LogP contribution is -2.39. The van der Waals surface area contributed by atoms with Gasteiger partial charge in [0, 0.05) is 18.7 Å². The van der Waals surface area contributed by atoms with Crippen LogP contribution in [-0.4, -0.2) is 31.1 Å². The first kappa shape index (κ1) is 12.6. The Labute approximate surface area is 109 Å². The Morgan fingerprint density at radius 1 is 1.53 bits per heavy atom. The minimum Gasteiger partial charge on any atom is -0.397 e. The molecule has 1 saturated heterocycles. The molecule has 1 aliphatic heterocycles. The summed E-state index contributed by atoms with van der Waals surface area (Å²) >= 11 is 3.18. The van der Waals surface area contributed by atoms with Gasteiger partial charge in [-0.2, -0.15) is 0 Å². The number of rotatable bonds is 2. The van der Waals surface area contributed by atoms with Gasteiger partial charge in [-0.15, -0.1) is 0 Å². The molecule has 0 bridgehead atoms. The zero-order valence-corrected chi connectivity index (χ0v) is 11.4. The second-order valence-electron chi connectivity index (χ2n) is 4.60. The van der Waals surface area contributed by atoms with E-state index in [0.29, 0.717) is 16.2 Å². The lowest BCUT2D eigenvalue weighted by molar-refractivity contribution is 0.261. The number of likely N-dealkylation sites (N-methyl/N-ethyl adjacent to an activating group) is 1. The van der Waals surface area contributed by atoms with Crippen LogP contribution in [0.25, 0.3) is 0 Å². The Kier molecular flexibility index (Phi) is 3.89. The summed E-state index contributed by atoms with van der Waals surface area (Å²) in [6.07, 6.45) is 2.30. The topological polar surface area (TPSA) is 41.3 Å². The molecule has 0 radical (unpaired) electrons. The highest BCUT2D eigenvalue weighted by Gasteiger charge is 2.18. The molecule has 0 aliphatic carbocycles. The van der Waals surface area contributed by atoms with E-state index in [2.05, 4.69) is 33.2 Å². The molecule has 3 N–H and O–H groups in total. The van der Waals surface area contributed by atoms with Crippen molar-refractivity contribution in [3.63, 3.8) is 0 Å². The molecule has 1 fully saturated rings. The smallest absolute Gasteiger partial charge is 0.139 e. The fraction of sp³-hybridized carbons (Fsp3) is 0.500. The van der Waals surface area contributed by atoms with Gasteiger partial charge in [-0.05, 0) is 48.4 Å². The number of benzene rings is 1. The van der Waals surface area contributed by atoms with Crippen molar-refractivity contribution < 1.29 is 4.39 Å². The number of anilines is 2. The Bertz CT molecular complexity index is 411. The highest BCUT2D eigenvalue weighted by molar-refractivity contribution is 9.10. The molecule has 2 rings (SSSR count). The fourth-order valence-electron chi connectivity index (χ4n) is 2.19. The Morgan fingerprint density at radius 2 is 2.29 bits per heavy atom. The van der Waals surface area contributed by atoms with Gasteiger partial charge in [0.25, 0.3) is 0 Å². The summed E-state index contributed by atoms with van der Waals surface area (Å²) < 4.78 is 13.7. The lowest BCUT2D eigenvalue weighted by Gasteiger charge is -2.31. The minimum absolute atomic E-state index is 0.325. The Hall–Kier alpha value is -0.810. The quantitative estimate of drug-likeness (QED) is 0.825. The number of likely N-dealkylation sites (tertiary alicyclic amines) is 1. The third-order valence-corrected chi connectivity index (χ3v) is 3.68. The van der Waals surface area contributed by atoms with Gasteiger partial charge in [0.2, 0.25) is 0 Å². The number of nitrogens with zero attached hydrogens (tertiary/aromatic N) is 1. The Morgan fingerprint density at radius 3 is 3.00 bits per heavy atom. The summed E-state index contributed by atoms with van der Waals surface area (Å²) in [7, 11) is 2.11. The average Bonchev–Trinajstić information content (AvgIpc) is 2.26. The van der Waals surface area contributed by atoms with Crippen molar-refractivity contribution in [2.75, 3.05) is 31.2 Å². The van der Waals surface area contributed by atoms with Crippen LogP contribution in [0.4, 0.5) is 15.8 Å². The van der Waals surface area contributed by atoms with Gasteiger partial charge in [-0.25, -0.2) is 4.39 Å². The molecule has 0 spiro atoms. The molecule has 94 valence electrons. The van der Waals surface area contributed by atoms with Crippen LogP contribution in [0, 0.1) is 5.82 Å². The van der Waals surface area contributed by atoms with Crippen LogP contribution in [0.5, 0.6) is 0 Å². The van der Waals surface area contributed by atoms with E-state index in [9.17, 15) is 4.39 Å². The standard InChI is InChI=1S/C12H17BrFN3/c1-17-4-2-3-8(7-17)16-12-5-9(13)10(14)6-11(12)15/h5-6,8,16H,2-4,7,15H2,1H3. The highest BCUT2D eigenvalue weighted by atomic mass is 79.9. The first-order valence-electron chi connectivity index (χ1n) is 5.76. The molecule has 0 saturated carbocycles. The molecule has 1 aliphatic rings. The van der Waals surface area contributed by atoms with Gasteiger partial charge in [0.1, 0.15) is 5.82 Å². The third kappa shape index (κ3) is 3.10. The maximum Gasteiger partial charge on any atom is 0.139 e. The van der Waals surface area contributed by atoms with Crippen molar-refractivity contribution in [3.8, 4) is 0 Å². The van der Waals surface area contributed by atoms with Gasteiger partial charge in [-0.3, -0.25) is 0 Å². The second-order valence-corrected chi connectivity index (χ2v) is 5.45. The summed E-state index contributed by atoms with van der Waals surface area (Å²) in [5.74, 6) is -0.325. The number of hydrogen-bond donors (Lipinski definition) is 2. The molecule has 1 aromatic rings. The van der Waals surface area contributed by atoms with Crippen molar-refractivity contribution >= 4 is 27.3 Å². The molecule has 1 aromatic carbocycles. The molecule has 1 unspecified atom stereocenters. The number of halogens is 2. The molecule has 1 atom stereocenters. The first-order valence-corrected chi connectivity index (χ1v) is 6.55. The van der Waals surface area contributed by atoms with Crippen LogP contribution < -0.4 is 11.1 Å². The molecule has 0 amide bonds. The van der Waals surface area contributed by atoms with Crippen molar-refractivity contribution in [1.82, 2.24) is 4.90 Å². The largest absolute Gasteiger partial charge is 0.397 e. The van der Waals surface area contributed by atoms with E-state index in [1.165, 1.54) is 12.5 Å². The summed E-state index contributed by atoms with van der Waals surface area (Å²) in [4.78, 5) is 2.29. The van der Waals surface area contributed by atoms with Crippen LogP contribution in [-0.2, 0) is 0 Å². The number of nitrogen functional groups attached to an aromatic ring is 1. The van der Waals surface area contributed by atoms with E-state index in [-0.39, 0.29) is 5.82 Å². The van der Waals surface area contributed by atoms with Gasteiger partial charge in [-0.1, -0.05) is 0 Å². The van der Waals surface area contributed by atoms with Crippen molar-refractivity contribution in [2.24, 2.45) is 0 Å². The second kappa shape index (κ2) is 5.23. The van der Waals surface area contributed by atoms with E-state index in [1.807, 2.05) is 0 Å².